The van der Waals surface area contributed by atoms with Gasteiger partial charge in [-0.2, -0.15) is 18.0 Å². The fraction of sp³-hybridized carbons (Fsp3) is 0. The molecule has 0 aliphatic rings. The van der Waals surface area contributed by atoms with Crippen molar-refractivity contribution in [3.63, 3.8) is 0 Å². The van der Waals surface area contributed by atoms with Crippen LogP contribution in [0.3, 0.4) is 0 Å². The number of nitro groups is 1. The monoisotopic (exact) mass is 439 g/mol. The Labute approximate surface area is 175 Å². The van der Waals surface area contributed by atoms with Gasteiger partial charge in [-0.1, -0.05) is 6.07 Å². The van der Waals surface area contributed by atoms with Crippen LogP contribution in [0, 0.1) is 10.1 Å². The van der Waals surface area contributed by atoms with E-state index in [9.17, 15) is 23.3 Å². The normalized spacial score (nSPS) is 11.2. The summed E-state index contributed by atoms with van der Waals surface area (Å²) in [4.78, 5) is 26.4. The lowest BCUT2D eigenvalue weighted by Gasteiger charge is -2.09. The molecule has 0 saturated heterocycles. The van der Waals surface area contributed by atoms with Gasteiger partial charge in [-0.3, -0.25) is 14.9 Å². The second-order valence-corrected chi connectivity index (χ2v) is 7.75. The first-order valence-corrected chi connectivity index (χ1v) is 10.1. The molecule has 0 spiro atoms. The molecule has 11 nitrogen and oxygen atoms in total. The molecule has 4 rings (SSSR count). The quantitative estimate of drug-likeness (QED) is 0.274. The zero-order chi connectivity index (χ0) is 22.0. The third-order valence-electron chi connectivity index (χ3n) is 4.17. The molecule has 0 unspecified atom stereocenters. The van der Waals surface area contributed by atoms with Gasteiger partial charge in [0, 0.05) is 30.0 Å². The van der Waals surface area contributed by atoms with Crippen LogP contribution in [0.5, 0.6) is 5.75 Å². The van der Waals surface area contributed by atoms with E-state index in [1.807, 2.05) is 0 Å². The Hall–Kier alpha value is -4.32. The number of hydrogen-bond donors (Lipinski definition) is 1. The van der Waals surface area contributed by atoms with Crippen molar-refractivity contribution in [2.75, 3.05) is 5.32 Å². The maximum atomic E-state index is 12.5. The number of nitrogens with one attached hydrogen (secondary N) is 1. The van der Waals surface area contributed by atoms with E-state index in [0.717, 1.165) is 6.07 Å². The van der Waals surface area contributed by atoms with E-state index in [-0.39, 0.29) is 21.9 Å². The van der Waals surface area contributed by atoms with Crippen LogP contribution in [0.2, 0.25) is 0 Å². The van der Waals surface area contributed by atoms with Gasteiger partial charge in [-0.15, -0.1) is 0 Å². The summed E-state index contributed by atoms with van der Waals surface area (Å²) in [5.74, 6) is -0.0916. The molecular formula is C19H13N5O6S. The average molecular weight is 439 g/mol. The molecule has 31 heavy (non-hydrogen) atoms. The summed E-state index contributed by atoms with van der Waals surface area (Å²) in [6.07, 6.45) is 3.08. The van der Waals surface area contributed by atoms with Gasteiger partial charge < -0.3 is 9.50 Å². The summed E-state index contributed by atoms with van der Waals surface area (Å²) >= 11 is 0. The van der Waals surface area contributed by atoms with Crippen molar-refractivity contribution < 1.29 is 22.3 Å². The minimum atomic E-state index is -4.29. The van der Waals surface area contributed by atoms with Gasteiger partial charge in [0.2, 0.25) is 0 Å². The molecular weight excluding hydrogens is 426 g/mol. The van der Waals surface area contributed by atoms with Crippen LogP contribution in [0.4, 0.5) is 11.5 Å². The highest BCUT2D eigenvalue weighted by Crippen LogP contribution is 2.22. The van der Waals surface area contributed by atoms with E-state index in [4.69, 9.17) is 4.18 Å². The highest BCUT2D eigenvalue weighted by atomic mass is 32.2. The van der Waals surface area contributed by atoms with E-state index in [1.165, 1.54) is 53.2 Å². The molecule has 0 aliphatic carbocycles. The molecule has 1 amide bonds. The summed E-state index contributed by atoms with van der Waals surface area (Å²) < 4.78 is 31.3. The Kier molecular flexibility index (Phi) is 5.05. The number of carbonyl (C=O) groups is 1. The van der Waals surface area contributed by atoms with Crippen LogP contribution in [-0.2, 0) is 10.1 Å². The number of anilines is 1. The van der Waals surface area contributed by atoms with E-state index >= 15 is 0 Å². The van der Waals surface area contributed by atoms with E-state index < -0.39 is 20.9 Å². The van der Waals surface area contributed by atoms with Gasteiger partial charge in [-0.05, 0) is 36.4 Å². The van der Waals surface area contributed by atoms with Gasteiger partial charge in [0.15, 0.2) is 5.65 Å². The number of carbonyl (C=O) groups excluding carboxylic acids is 1. The Morgan fingerprint density at radius 3 is 2.58 bits per heavy atom. The number of fused-ring (bicyclic) bond motifs is 1. The summed E-state index contributed by atoms with van der Waals surface area (Å²) in [5, 5.41) is 17.6. The van der Waals surface area contributed by atoms with Crippen LogP contribution in [0.1, 0.15) is 10.4 Å². The lowest BCUT2D eigenvalue weighted by molar-refractivity contribution is -0.385. The predicted octanol–water partition coefficient (Wildman–Crippen LogP) is 2.66. The molecule has 156 valence electrons. The van der Waals surface area contributed by atoms with Crippen molar-refractivity contribution in [1.82, 2.24) is 14.6 Å². The molecule has 1 N–H and O–H groups in total. The van der Waals surface area contributed by atoms with Gasteiger partial charge in [0.05, 0.1) is 11.1 Å². The molecule has 0 radical (unpaired) electrons. The molecule has 0 atom stereocenters. The molecule has 2 heterocycles. The zero-order valence-corrected chi connectivity index (χ0v) is 16.4. The fourth-order valence-electron chi connectivity index (χ4n) is 2.71. The number of hydrogen-bond acceptors (Lipinski definition) is 8. The molecule has 2 aromatic heterocycles. The zero-order valence-electron chi connectivity index (χ0n) is 15.6. The fourth-order valence-corrected chi connectivity index (χ4v) is 3.68. The predicted molar refractivity (Wildman–Crippen MR) is 108 cm³/mol. The Bertz CT molecular complexity index is 1400. The summed E-state index contributed by atoms with van der Waals surface area (Å²) in [5.41, 5.74) is 0.434. The summed E-state index contributed by atoms with van der Waals surface area (Å²) in [6.45, 7) is 0. The van der Waals surface area contributed by atoms with Crippen molar-refractivity contribution >= 4 is 33.2 Å². The van der Waals surface area contributed by atoms with E-state index in [2.05, 4.69) is 15.4 Å². The van der Waals surface area contributed by atoms with Gasteiger partial charge in [0.25, 0.3) is 11.6 Å². The second kappa shape index (κ2) is 7.84. The van der Waals surface area contributed by atoms with Crippen LogP contribution in [0.25, 0.3) is 5.65 Å². The molecule has 0 bridgehead atoms. The largest absolute Gasteiger partial charge is 0.379 e. The van der Waals surface area contributed by atoms with E-state index in [1.54, 1.807) is 18.3 Å². The smallest absolute Gasteiger partial charge is 0.339 e. The number of amides is 1. The highest BCUT2D eigenvalue weighted by molar-refractivity contribution is 7.87. The first-order chi connectivity index (χ1) is 14.8. The number of rotatable bonds is 6. The molecule has 0 aliphatic heterocycles. The van der Waals surface area contributed by atoms with Crippen LogP contribution in [-0.4, -0.2) is 33.8 Å². The SMILES string of the molecule is O=C(Nc1ccnc2ccnn12)c1ccc(OS(=O)(=O)c2cccc([N+](=O)[O-])c2)cc1. The summed E-state index contributed by atoms with van der Waals surface area (Å²) in [7, 11) is -4.29. The molecule has 2 aromatic carbocycles. The van der Waals surface area contributed by atoms with Crippen LogP contribution in [0.15, 0.2) is 78.0 Å². The molecule has 0 fully saturated rings. The average Bonchev–Trinajstić information content (AvgIpc) is 3.24. The van der Waals surface area contributed by atoms with Crippen molar-refractivity contribution in [3.8, 4) is 5.75 Å². The highest BCUT2D eigenvalue weighted by Gasteiger charge is 2.20. The maximum Gasteiger partial charge on any atom is 0.339 e. The van der Waals surface area contributed by atoms with Gasteiger partial charge in [0.1, 0.15) is 16.5 Å². The van der Waals surface area contributed by atoms with Crippen molar-refractivity contribution in [1.29, 1.82) is 0 Å². The van der Waals surface area contributed by atoms with Gasteiger partial charge in [-0.25, -0.2) is 4.98 Å². The Balaban J connectivity index is 1.50. The topological polar surface area (TPSA) is 146 Å². The Morgan fingerprint density at radius 1 is 1.06 bits per heavy atom. The number of non-ortho nitro benzene ring substituents is 1. The minimum Gasteiger partial charge on any atom is -0.379 e. The maximum absolute atomic E-state index is 12.5. The molecule has 12 heteroatoms. The number of nitrogens with zero attached hydrogens (tertiary/aromatic N) is 4. The number of benzene rings is 2. The minimum absolute atomic E-state index is 0.0542. The Morgan fingerprint density at radius 2 is 1.84 bits per heavy atom. The standard InChI is InChI=1S/C19H13N5O6S/c25-19(22-18-8-10-20-17-9-11-21-23(17)18)13-4-6-15(7-5-13)30-31(28,29)16-3-1-2-14(12-16)24(26)27/h1-12H,(H,22,25). The van der Waals surface area contributed by atoms with Crippen molar-refractivity contribution in [2.45, 2.75) is 4.90 Å². The lowest BCUT2D eigenvalue weighted by Crippen LogP contribution is -2.15. The second-order valence-electron chi connectivity index (χ2n) is 6.20. The van der Waals surface area contributed by atoms with Crippen LogP contribution < -0.4 is 9.50 Å². The van der Waals surface area contributed by atoms with Crippen LogP contribution >= 0.6 is 0 Å². The van der Waals surface area contributed by atoms with Gasteiger partial charge >= 0.3 is 10.1 Å². The first kappa shape index (κ1) is 20.0. The molecule has 4 aromatic rings. The lowest BCUT2D eigenvalue weighted by atomic mass is 10.2. The molecule has 0 saturated carbocycles. The summed E-state index contributed by atoms with van der Waals surface area (Å²) in [6, 6.07) is 13.2. The van der Waals surface area contributed by atoms with Crippen molar-refractivity contribution in [3.05, 3.63) is 88.7 Å². The number of aromatic nitrogens is 3. The third kappa shape index (κ3) is 4.18. The number of nitro benzene ring substituents is 1. The van der Waals surface area contributed by atoms with Crippen molar-refractivity contribution in [2.24, 2.45) is 0 Å². The first-order valence-electron chi connectivity index (χ1n) is 8.73. The van der Waals surface area contributed by atoms with E-state index in [0.29, 0.717) is 11.5 Å². The third-order valence-corrected chi connectivity index (χ3v) is 5.41.